The first-order valence-electron chi connectivity index (χ1n) is 6.27. The predicted molar refractivity (Wildman–Crippen MR) is 76.0 cm³/mol. The van der Waals surface area contributed by atoms with Crippen LogP contribution in [0.3, 0.4) is 0 Å². The molecule has 20 heavy (non-hydrogen) atoms. The summed E-state index contributed by atoms with van der Waals surface area (Å²) in [6, 6.07) is 7.65. The molecule has 3 N–H and O–H groups in total. The highest BCUT2D eigenvalue weighted by Crippen LogP contribution is 2.10. The summed E-state index contributed by atoms with van der Waals surface area (Å²) >= 11 is 5.74. The fraction of sp³-hybridized carbons (Fsp3) is 0.357. The van der Waals surface area contributed by atoms with Crippen LogP contribution < -0.4 is 11.1 Å². The van der Waals surface area contributed by atoms with Crippen LogP contribution in [0.1, 0.15) is 36.0 Å². The minimum Gasteiger partial charge on any atom is -0.368 e. The molecular weight excluding hydrogens is 278 g/mol. The Morgan fingerprint density at radius 1 is 1.30 bits per heavy atom. The van der Waals surface area contributed by atoms with Crippen LogP contribution in [0.5, 0.6) is 0 Å². The van der Waals surface area contributed by atoms with Gasteiger partial charge in [-0.15, -0.1) is 0 Å². The van der Waals surface area contributed by atoms with Gasteiger partial charge in [-0.1, -0.05) is 11.6 Å². The van der Waals surface area contributed by atoms with E-state index >= 15 is 0 Å². The van der Waals surface area contributed by atoms with Crippen LogP contribution >= 0.6 is 11.6 Å². The molecule has 0 aliphatic rings. The average molecular weight is 294 g/mol. The second-order valence-electron chi connectivity index (χ2n) is 4.34. The van der Waals surface area contributed by atoms with Gasteiger partial charge in [-0.3, -0.25) is 9.59 Å². The third kappa shape index (κ3) is 5.29. The molecule has 0 saturated carbocycles. The maximum atomic E-state index is 11.9. The summed E-state index contributed by atoms with van der Waals surface area (Å²) in [6.07, 6.45) is 2.19. The quantitative estimate of drug-likeness (QED) is 0.753. The number of hydrogen-bond donors (Lipinski definition) is 2. The van der Waals surface area contributed by atoms with Crippen molar-refractivity contribution < 1.29 is 9.59 Å². The molecule has 0 unspecified atom stereocenters. The van der Waals surface area contributed by atoms with Gasteiger partial charge in [-0.2, -0.15) is 5.26 Å². The van der Waals surface area contributed by atoms with E-state index < -0.39 is 11.9 Å². The first-order valence-corrected chi connectivity index (χ1v) is 6.65. The number of amides is 2. The van der Waals surface area contributed by atoms with E-state index in [0.717, 1.165) is 0 Å². The van der Waals surface area contributed by atoms with Crippen molar-refractivity contribution in [3.8, 4) is 6.07 Å². The number of unbranched alkanes of at least 4 members (excludes halogenated alkanes) is 2. The Labute approximate surface area is 122 Å². The zero-order valence-corrected chi connectivity index (χ0v) is 11.7. The Balaban J connectivity index is 2.57. The van der Waals surface area contributed by atoms with Crippen molar-refractivity contribution in [3.05, 3.63) is 34.9 Å². The minimum atomic E-state index is -0.725. The van der Waals surface area contributed by atoms with E-state index in [1.165, 1.54) is 0 Å². The number of halogens is 1. The third-order valence-corrected chi connectivity index (χ3v) is 3.04. The van der Waals surface area contributed by atoms with Gasteiger partial charge < -0.3 is 11.1 Å². The number of carbonyl (C=O) groups excluding carboxylic acids is 2. The summed E-state index contributed by atoms with van der Waals surface area (Å²) in [5, 5.41) is 11.6. The van der Waals surface area contributed by atoms with E-state index in [0.29, 0.717) is 36.3 Å². The van der Waals surface area contributed by atoms with Crippen molar-refractivity contribution >= 4 is 23.4 Å². The average Bonchev–Trinajstić information content (AvgIpc) is 2.42. The Hall–Kier alpha value is -2.06. The molecule has 5 nitrogen and oxygen atoms in total. The van der Waals surface area contributed by atoms with Crippen LogP contribution in [-0.2, 0) is 4.79 Å². The lowest BCUT2D eigenvalue weighted by Crippen LogP contribution is -2.44. The number of primary amides is 1. The van der Waals surface area contributed by atoms with Crippen LogP contribution in [0.15, 0.2) is 24.3 Å². The molecule has 0 saturated heterocycles. The number of nitrogens with two attached hydrogens (primary N) is 1. The third-order valence-electron chi connectivity index (χ3n) is 2.79. The smallest absolute Gasteiger partial charge is 0.251 e. The van der Waals surface area contributed by atoms with Crippen molar-refractivity contribution in [1.29, 1.82) is 5.26 Å². The summed E-state index contributed by atoms with van der Waals surface area (Å²) in [5.74, 6) is -0.949. The molecular formula is C14H16ClN3O2. The molecule has 0 radical (unpaired) electrons. The summed E-state index contributed by atoms with van der Waals surface area (Å²) in [4.78, 5) is 23.3. The monoisotopic (exact) mass is 293 g/mol. The second kappa shape index (κ2) is 8.18. The molecule has 1 aromatic carbocycles. The number of nitriles is 1. The standard InChI is InChI=1S/C14H16ClN3O2/c15-11-7-5-10(6-8-11)14(20)18-12(13(17)19)4-2-1-3-9-16/h5-8,12H,1-4H2,(H2,17,19)(H,18,20)/t12-/m0/s1. The van der Waals surface area contributed by atoms with Gasteiger partial charge in [-0.05, 0) is 43.5 Å². The zero-order chi connectivity index (χ0) is 15.0. The van der Waals surface area contributed by atoms with Crippen molar-refractivity contribution in [1.82, 2.24) is 5.32 Å². The fourth-order valence-electron chi connectivity index (χ4n) is 1.68. The van der Waals surface area contributed by atoms with E-state index in [1.807, 2.05) is 6.07 Å². The van der Waals surface area contributed by atoms with Gasteiger partial charge in [0.2, 0.25) is 5.91 Å². The Bertz CT molecular complexity index is 508. The number of nitrogens with zero attached hydrogens (tertiary/aromatic N) is 1. The van der Waals surface area contributed by atoms with Gasteiger partial charge in [0.25, 0.3) is 5.91 Å². The summed E-state index contributed by atoms with van der Waals surface area (Å²) in [5.41, 5.74) is 5.68. The summed E-state index contributed by atoms with van der Waals surface area (Å²) in [7, 11) is 0. The first kappa shape index (κ1) is 16.0. The summed E-state index contributed by atoms with van der Waals surface area (Å²) in [6.45, 7) is 0. The molecule has 0 aliphatic carbocycles. The number of hydrogen-bond acceptors (Lipinski definition) is 3. The van der Waals surface area contributed by atoms with Crippen LogP contribution in [0.25, 0.3) is 0 Å². The molecule has 1 aromatic rings. The van der Waals surface area contributed by atoms with Crippen molar-refractivity contribution in [2.45, 2.75) is 31.7 Å². The maximum Gasteiger partial charge on any atom is 0.251 e. The van der Waals surface area contributed by atoms with Crippen molar-refractivity contribution in [2.75, 3.05) is 0 Å². The number of benzene rings is 1. The lowest BCUT2D eigenvalue weighted by Gasteiger charge is -2.15. The van der Waals surface area contributed by atoms with Gasteiger partial charge in [-0.25, -0.2) is 0 Å². The Morgan fingerprint density at radius 3 is 2.50 bits per heavy atom. The van der Waals surface area contributed by atoms with Crippen molar-refractivity contribution in [2.24, 2.45) is 5.73 Å². The normalized spacial score (nSPS) is 11.4. The van der Waals surface area contributed by atoms with Crippen LogP contribution in [0.2, 0.25) is 5.02 Å². The van der Waals surface area contributed by atoms with Gasteiger partial charge in [0.1, 0.15) is 6.04 Å². The fourth-order valence-corrected chi connectivity index (χ4v) is 1.81. The molecule has 1 atom stereocenters. The first-order chi connectivity index (χ1) is 9.54. The highest BCUT2D eigenvalue weighted by molar-refractivity contribution is 6.30. The molecule has 0 bridgehead atoms. The minimum absolute atomic E-state index is 0.370. The number of carbonyl (C=O) groups is 2. The molecule has 106 valence electrons. The maximum absolute atomic E-state index is 11.9. The molecule has 1 rings (SSSR count). The van der Waals surface area contributed by atoms with Crippen LogP contribution in [-0.4, -0.2) is 17.9 Å². The second-order valence-corrected chi connectivity index (χ2v) is 4.78. The lowest BCUT2D eigenvalue weighted by atomic mass is 10.1. The predicted octanol–water partition coefficient (Wildman–Crippen LogP) is 2.01. The van der Waals surface area contributed by atoms with E-state index in [-0.39, 0.29) is 5.91 Å². The topological polar surface area (TPSA) is 96.0 Å². The molecule has 6 heteroatoms. The summed E-state index contributed by atoms with van der Waals surface area (Å²) < 4.78 is 0. The van der Waals surface area contributed by atoms with Gasteiger partial charge in [0, 0.05) is 17.0 Å². The van der Waals surface area contributed by atoms with E-state index in [4.69, 9.17) is 22.6 Å². The lowest BCUT2D eigenvalue weighted by molar-refractivity contribution is -0.120. The highest BCUT2D eigenvalue weighted by Gasteiger charge is 2.18. The highest BCUT2D eigenvalue weighted by atomic mass is 35.5. The molecule has 0 fully saturated rings. The molecule has 0 spiro atoms. The van der Waals surface area contributed by atoms with Crippen molar-refractivity contribution in [3.63, 3.8) is 0 Å². The SMILES string of the molecule is N#CCCCC[C@H](NC(=O)c1ccc(Cl)cc1)C(N)=O. The van der Waals surface area contributed by atoms with Gasteiger partial charge in [0.05, 0.1) is 6.07 Å². The van der Waals surface area contributed by atoms with E-state index in [1.54, 1.807) is 24.3 Å². The number of nitrogens with one attached hydrogen (secondary N) is 1. The Kier molecular flexibility index (Phi) is 6.54. The Morgan fingerprint density at radius 2 is 1.95 bits per heavy atom. The van der Waals surface area contributed by atoms with E-state index in [9.17, 15) is 9.59 Å². The molecule has 0 heterocycles. The number of rotatable bonds is 7. The largest absolute Gasteiger partial charge is 0.368 e. The van der Waals surface area contributed by atoms with Gasteiger partial charge in [0.15, 0.2) is 0 Å². The van der Waals surface area contributed by atoms with E-state index in [2.05, 4.69) is 5.32 Å². The zero-order valence-electron chi connectivity index (χ0n) is 10.9. The van der Waals surface area contributed by atoms with Gasteiger partial charge >= 0.3 is 0 Å². The molecule has 2 amide bonds. The molecule has 0 aliphatic heterocycles. The van der Waals surface area contributed by atoms with Crippen LogP contribution in [0.4, 0.5) is 0 Å². The molecule has 0 aromatic heterocycles. The van der Waals surface area contributed by atoms with Crippen LogP contribution in [0, 0.1) is 11.3 Å².